The van der Waals surface area contributed by atoms with Gasteiger partial charge in [-0.2, -0.15) is 0 Å². The second-order valence-electron chi connectivity index (χ2n) is 5.56. The van der Waals surface area contributed by atoms with Gasteiger partial charge in [0.2, 0.25) is 0 Å². The van der Waals surface area contributed by atoms with Crippen LogP contribution in [-0.2, 0) is 0 Å². The summed E-state index contributed by atoms with van der Waals surface area (Å²) >= 11 is 6.23. The molecule has 0 aliphatic heterocycles. The quantitative estimate of drug-likeness (QED) is 0.833. The van der Waals surface area contributed by atoms with E-state index in [1.54, 1.807) is 0 Å². The normalized spacial score (nSPS) is 14.4. The van der Waals surface area contributed by atoms with E-state index < -0.39 is 0 Å². The summed E-state index contributed by atoms with van der Waals surface area (Å²) in [5.74, 6) is 2.18. The lowest BCUT2D eigenvalue weighted by atomic mass is 10.1. The predicted molar refractivity (Wildman–Crippen MR) is 83.0 cm³/mol. The minimum absolute atomic E-state index is 0.493. The predicted octanol–water partition coefficient (Wildman–Crippen LogP) is 4.68. The molecule has 20 heavy (non-hydrogen) atoms. The summed E-state index contributed by atoms with van der Waals surface area (Å²) in [4.78, 5) is 9.04. The molecule has 0 radical (unpaired) electrons. The second kappa shape index (κ2) is 5.06. The van der Waals surface area contributed by atoms with Crippen molar-refractivity contribution in [2.75, 3.05) is 5.32 Å². The van der Waals surface area contributed by atoms with Gasteiger partial charge in [0.05, 0.1) is 0 Å². The zero-order valence-electron chi connectivity index (χ0n) is 12.0. The Morgan fingerprint density at radius 2 is 1.90 bits per heavy atom. The smallest absolute Gasteiger partial charge is 0.138 e. The van der Waals surface area contributed by atoms with Crippen molar-refractivity contribution in [2.45, 2.75) is 39.5 Å². The Bertz CT molecular complexity index is 663. The summed E-state index contributed by atoms with van der Waals surface area (Å²) in [5.41, 5.74) is 4.42. The Morgan fingerprint density at radius 3 is 2.55 bits per heavy atom. The molecule has 104 valence electrons. The fourth-order valence-corrected chi connectivity index (χ4v) is 2.41. The number of nitrogens with zero attached hydrogens (tertiary/aromatic N) is 2. The molecule has 4 heteroatoms. The number of aromatic nitrogens is 2. The molecule has 0 unspecified atom stereocenters. The third kappa shape index (κ3) is 2.63. The van der Waals surface area contributed by atoms with Crippen LogP contribution in [0.2, 0.25) is 5.15 Å². The van der Waals surface area contributed by atoms with Gasteiger partial charge in [-0.3, -0.25) is 0 Å². The van der Waals surface area contributed by atoms with Crippen LogP contribution in [0, 0.1) is 20.8 Å². The van der Waals surface area contributed by atoms with Crippen LogP contribution in [0.4, 0.5) is 11.5 Å². The SMILES string of the molecule is Cc1ccc(Nc2nc(C3CC3)nc(Cl)c2C)c(C)c1. The van der Waals surface area contributed by atoms with Crippen molar-refractivity contribution in [3.63, 3.8) is 0 Å². The van der Waals surface area contributed by atoms with Crippen molar-refractivity contribution in [2.24, 2.45) is 0 Å². The van der Waals surface area contributed by atoms with Crippen LogP contribution < -0.4 is 5.32 Å². The standard InChI is InChI=1S/C16H18ClN3/c1-9-4-7-13(10(2)8-9)18-15-11(3)14(17)19-16(20-15)12-5-6-12/h4,7-8,12H,5-6H2,1-3H3,(H,18,19,20). The maximum atomic E-state index is 6.23. The highest BCUT2D eigenvalue weighted by molar-refractivity contribution is 6.30. The molecule has 1 aromatic heterocycles. The third-order valence-corrected chi connectivity index (χ3v) is 4.05. The molecule has 3 nitrogen and oxygen atoms in total. The lowest BCUT2D eigenvalue weighted by molar-refractivity contribution is 0.921. The highest BCUT2D eigenvalue weighted by Crippen LogP contribution is 2.39. The van der Waals surface area contributed by atoms with Crippen LogP contribution in [0.25, 0.3) is 0 Å². The largest absolute Gasteiger partial charge is 0.340 e. The number of benzene rings is 1. The van der Waals surface area contributed by atoms with Crippen molar-refractivity contribution in [1.29, 1.82) is 0 Å². The van der Waals surface area contributed by atoms with E-state index >= 15 is 0 Å². The molecule has 2 aromatic rings. The maximum absolute atomic E-state index is 6.23. The van der Waals surface area contributed by atoms with Crippen molar-refractivity contribution in [3.05, 3.63) is 45.9 Å². The molecule has 1 aliphatic carbocycles. The van der Waals surface area contributed by atoms with Gasteiger partial charge in [-0.25, -0.2) is 9.97 Å². The Labute approximate surface area is 124 Å². The molecule has 1 aromatic carbocycles. The van der Waals surface area contributed by atoms with Crippen LogP contribution in [-0.4, -0.2) is 9.97 Å². The number of nitrogens with one attached hydrogen (secondary N) is 1. The molecule has 0 atom stereocenters. The number of hydrogen-bond acceptors (Lipinski definition) is 3. The van der Waals surface area contributed by atoms with Crippen molar-refractivity contribution in [3.8, 4) is 0 Å². The highest BCUT2D eigenvalue weighted by Gasteiger charge is 2.28. The molecule has 1 N–H and O–H groups in total. The van der Waals surface area contributed by atoms with Crippen LogP contribution in [0.1, 0.15) is 41.3 Å². The van der Waals surface area contributed by atoms with Crippen molar-refractivity contribution >= 4 is 23.1 Å². The number of anilines is 2. The minimum Gasteiger partial charge on any atom is -0.340 e. The molecule has 0 saturated heterocycles. The van der Waals surface area contributed by atoms with Gasteiger partial charge in [-0.05, 0) is 45.2 Å². The van der Waals surface area contributed by atoms with Gasteiger partial charge >= 0.3 is 0 Å². The van der Waals surface area contributed by atoms with Gasteiger partial charge < -0.3 is 5.32 Å². The van der Waals surface area contributed by atoms with E-state index in [1.807, 2.05) is 6.92 Å². The first-order chi connectivity index (χ1) is 9.54. The van der Waals surface area contributed by atoms with Gasteiger partial charge in [0.25, 0.3) is 0 Å². The zero-order valence-corrected chi connectivity index (χ0v) is 12.8. The van der Waals surface area contributed by atoms with Crippen LogP contribution in [0.3, 0.4) is 0 Å². The van der Waals surface area contributed by atoms with Crippen LogP contribution in [0.15, 0.2) is 18.2 Å². The number of rotatable bonds is 3. The van der Waals surface area contributed by atoms with E-state index in [-0.39, 0.29) is 0 Å². The number of halogens is 1. The van der Waals surface area contributed by atoms with Gasteiger partial charge in [0.1, 0.15) is 16.8 Å². The van der Waals surface area contributed by atoms with E-state index in [0.717, 1.165) is 22.9 Å². The van der Waals surface area contributed by atoms with Gasteiger partial charge in [0.15, 0.2) is 0 Å². The summed E-state index contributed by atoms with van der Waals surface area (Å²) in [6.45, 7) is 6.13. The topological polar surface area (TPSA) is 37.8 Å². The third-order valence-electron chi connectivity index (χ3n) is 3.68. The first kappa shape index (κ1) is 13.4. The van der Waals surface area contributed by atoms with Crippen molar-refractivity contribution in [1.82, 2.24) is 9.97 Å². The molecular weight excluding hydrogens is 270 g/mol. The Hall–Kier alpha value is -1.61. The van der Waals surface area contributed by atoms with Gasteiger partial charge in [0, 0.05) is 17.2 Å². The average molecular weight is 288 g/mol. The summed E-state index contributed by atoms with van der Waals surface area (Å²) in [5, 5.41) is 3.95. The molecular formula is C16H18ClN3. The van der Waals surface area contributed by atoms with E-state index in [9.17, 15) is 0 Å². The molecule has 1 aliphatic rings. The molecule has 0 bridgehead atoms. The van der Waals surface area contributed by atoms with Crippen LogP contribution in [0.5, 0.6) is 0 Å². The lowest BCUT2D eigenvalue weighted by Crippen LogP contribution is -2.04. The summed E-state index contributed by atoms with van der Waals surface area (Å²) < 4.78 is 0. The Balaban J connectivity index is 1.97. The minimum atomic E-state index is 0.493. The summed E-state index contributed by atoms with van der Waals surface area (Å²) in [7, 11) is 0. The molecule has 1 saturated carbocycles. The number of hydrogen-bond donors (Lipinski definition) is 1. The maximum Gasteiger partial charge on any atom is 0.138 e. The van der Waals surface area contributed by atoms with Crippen molar-refractivity contribution < 1.29 is 0 Å². The molecule has 0 amide bonds. The van der Waals surface area contributed by atoms with E-state index in [4.69, 9.17) is 11.6 Å². The average Bonchev–Trinajstić information content (AvgIpc) is 3.22. The second-order valence-corrected chi connectivity index (χ2v) is 5.92. The molecule has 1 fully saturated rings. The molecule has 1 heterocycles. The fraction of sp³-hybridized carbons (Fsp3) is 0.375. The Kier molecular flexibility index (Phi) is 3.38. The monoisotopic (exact) mass is 287 g/mol. The highest BCUT2D eigenvalue weighted by atomic mass is 35.5. The summed E-state index contributed by atoms with van der Waals surface area (Å²) in [6, 6.07) is 6.33. The molecule has 0 spiro atoms. The summed E-state index contributed by atoms with van der Waals surface area (Å²) in [6.07, 6.45) is 2.34. The molecule has 3 rings (SSSR count). The van der Waals surface area contributed by atoms with Gasteiger partial charge in [-0.1, -0.05) is 29.3 Å². The number of aryl methyl sites for hydroxylation is 2. The first-order valence-corrected chi connectivity index (χ1v) is 7.30. The lowest BCUT2D eigenvalue weighted by Gasteiger charge is -2.13. The first-order valence-electron chi connectivity index (χ1n) is 6.93. The Morgan fingerprint density at radius 1 is 1.15 bits per heavy atom. The zero-order chi connectivity index (χ0) is 14.3. The van der Waals surface area contributed by atoms with Gasteiger partial charge in [-0.15, -0.1) is 0 Å². The van der Waals surface area contributed by atoms with E-state index in [2.05, 4.69) is 47.3 Å². The van der Waals surface area contributed by atoms with E-state index in [1.165, 1.54) is 24.0 Å². The van der Waals surface area contributed by atoms with E-state index in [0.29, 0.717) is 11.1 Å². The van der Waals surface area contributed by atoms with Crippen LogP contribution >= 0.6 is 11.6 Å². The fourth-order valence-electron chi connectivity index (χ4n) is 2.23.